The lowest BCUT2D eigenvalue weighted by molar-refractivity contribution is 0.370. The molecule has 0 saturated carbocycles. The highest BCUT2D eigenvalue weighted by atomic mass is 14.1. The summed E-state index contributed by atoms with van der Waals surface area (Å²) in [6, 6.07) is 0. The normalized spacial score (nSPS) is 12.5. The van der Waals surface area contributed by atoms with Gasteiger partial charge in [-0.15, -0.1) is 0 Å². The van der Waals surface area contributed by atoms with Gasteiger partial charge in [-0.25, -0.2) is 0 Å². The highest BCUT2D eigenvalue weighted by Crippen LogP contribution is 2.24. The maximum atomic E-state index is 2.36. The van der Waals surface area contributed by atoms with Gasteiger partial charge in [-0.3, -0.25) is 0 Å². The van der Waals surface area contributed by atoms with E-state index in [-0.39, 0.29) is 0 Å². The van der Waals surface area contributed by atoms with E-state index in [1.165, 1.54) is 161 Å². The molecule has 0 fully saturated rings. The van der Waals surface area contributed by atoms with Crippen molar-refractivity contribution in [2.24, 2.45) is 5.92 Å². The maximum absolute atomic E-state index is 2.36. The number of hydrogen-bond donors (Lipinski definition) is 0. The molecular formula is C29H60. The quantitative estimate of drug-likeness (QED) is 0.132. The van der Waals surface area contributed by atoms with Gasteiger partial charge in [0, 0.05) is 0 Å². The predicted molar refractivity (Wildman–Crippen MR) is 136 cm³/mol. The molecule has 0 amide bonds. The molecule has 0 bridgehead atoms. The fourth-order valence-electron chi connectivity index (χ4n) is 4.77. The molecule has 0 rings (SSSR count). The van der Waals surface area contributed by atoms with Gasteiger partial charge in [-0.2, -0.15) is 0 Å². The van der Waals surface area contributed by atoms with Crippen molar-refractivity contribution in [1.82, 2.24) is 0 Å². The van der Waals surface area contributed by atoms with E-state index in [4.69, 9.17) is 0 Å². The third-order valence-corrected chi connectivity index (χ3v) is 6.90. The standard InChI is InChI=1S/C29H60/c1-4-7-10-12-14-16-17-19-21-23-25-28-29(26-9-6-3)27-24-22-20-18-15-13-11-8-5-2/h29H,4-28H2,1-3H3. The zero-order chi connectivity index (χ0) is 21.3. The fraction of sp³-hybridized carbons (Fsp3) is 1.00. The molecule has 29 heavy (non-hydrogen) atoms. The Bertz CT molecular complexity index is 269. The van der Waals surface area contributed by atoms with Gasteiger partial charge < -0.3 is 0 Å². The van der Waals surface area contributed by atoms with Gasteiger partial charge in [-0.05, 0) is 5.92 Å². The summed E-state index contributed by atoms with van der Waals surface area (Å²) >= 11 is 0. The van der Waals surface area contributed by atoms with E-state index in [2.05, 4.69) is 20.8 Å². The van der Waals surface area contributed by atoms with Crippen LogP contribution < -0.4 is 0 Å². The lowest BCUT2D eigenvalue weighted by Crippen LogP contribution is -2.01. The monoisotopic (exact) mass is 408 g/mol. The molecule has 0 aromatic heterocycles. The first-order chi connectivity index (χ1) is 14.3. The molecule has 1 unspecified atom stereocenters. The summed E-state index contributed by atoms with van der Waals surface area (Å²) in [5.41, 5.74) is 0. The molecule has 0 nitrogen and oxygen atoms in total. The highest BCUT2D eigenvalue weighted by Gasteiger charge is 2.08. The smallest absolute Gasteiger partial charge is 0.0414 e. The summed E-state index contributed by atoms with van der Waals surface area (Å²) in [5, 5.41) is 0. The van der Waals surface area contributed by atoms with Gasteiger partial charge in [0.15, 0.2) is 0 Å². The van der Waals surface area contributed by atoms with Crippen LogP contribution in [0.3, 0.4) is 0 Å². The van der Waals surface area contributed by atoms with E-state index < -0.39 is 0 Å². The summed E-state index contributed by atoms with van der Waals surface area (Å²) < 4.78 is 0. The SMILES string of the molecule is CCCCCCCCCCCCCC(CCCC)CCCCCCCCCCC. The Morgan fingerprint density at radius 2 is 0.517 bits per heavy atom. The average Bonchev–Trinajstić information content (AvgIpc) is 2.74. The van der Waals surface area contributed by atoms with Gasteiger partial charge in [0.2, 0.25) is 0 Å². The molecule has 0 aliphatic heterocycles. The zero-order valence-corrected chi connectivity index (χ0v) is 21.3. The molecule has 1 atom stereocenters. The first-order valence-corrected chi connectivity index (χ1v) is 14.3. The predicted octanol–water partition coefficient (Wildman–Crippen LogP) is 11.4. The van der Waals surface area contributed by atoms with Crippen molar-refractivity contribution in [1.29, 1.82) is 0 Å². The molecule has 0 aromatic rings. The van der Waals surface area contributed by atoms with Crippen LogP contribution in [0, 0.1) is 5.92 Å². The average molecular weight is 409 g/mol. The molecule has 0 saturated heterocycles. The van der Waals surface area contributed by atoms with Crippen molar-refractivity contribution in [2.75, 3.05) is 0 Å². The molecule has 0 spiro atoms. The van der Waals surface area contributed by atoms with Crippen molar-refractivity contribution in [3.63, 3.8) is 0 Å². The Balaban J connectivity index is 3.51. The minimum absolute atomic E-state index is 1.04. The molecule has 0 aliphatic carbocycles. The van der Waals surface area contributed by atoms with Gasteiger partial charge in [0.1, 0.15) is 0 Å². The van der Waals surface area contributed by atoms with Crippen LogP contribution >= 0.6 is 0 Å². The van der Waals surface area contributed by atoms with Crippen molar-refractivity contribution in [2.45, 2.75) is 181 Å². The minimum atomic E-state index is 1.04. The van der Waals surface area contributed by atoms with Crippen molar-refractivity contribution < 1.29 is 0 Å². The Labute approximate surface area is 187 Å². The molecule has 0 heteroatoms. The summed E-state index contributed by atoms with van der Waals surface area (Å²) in [6.45, 7) is 6.98. The number of rotatable bonds is 25. The van der Waals surface area contributed by atoms with Gasteiger partial charge >= 0.3 is 0 Å². The van der Waals surface area contributed by atoms with E-state index >= 15 is 0 Å². The second-order valence-corrected chi connectivity index (χ2v) is 9.95. The summed E-state index contributed by atoms with van der Waals surface area (Å²) in [7, 11) is 0. The second-order valence-electron chi connectivity index (χ2n) is 9.95. The Hall–Kier alpha value is 0. The van der Waals surface area contributed by atoms with Crippen LogP contribution in [0.5, 0.6) is 0 Å². The highest BCUT2D eigenvalue weighted by molar-refractivity contribution is 4.61. The third-order valence-electron chi connectivity index (χ3n) is 6.90. The van der Waals surface area contributed by atoms with E-state index in [0.29, 0.717) is 0 Å². The van der Waals surface area contributed by atoms with Crippen LogP contribution in [-0.4, -0.2) is 0 Å². The van der Waals surface area contributed by atoms with E-state index in [1.807, 2.05) is 0 Å². The van der Waals surface area contributed by atoms with Gasteiger partial charge in [0.05, 0.1) is 0 Å². The van der Waals surface area contributed by atoms with Crippen molar-refractivity contribution >= 4 is 0 Å². The summed E-state index contributed by atoms with van der Waals surface area (Å²) in [6.07, 6.45) is 36.8. The molecule has 176 valence electrons. The number of hydrogen-bond acceptors (Lipinski definition) is 0. The first-order valence-electron chi connectivity index (χ1n) is 14.3. The Kier molecular flexibility index (Phi) is 26.0. The molecule has 0 N–H and O–H groups in total. The molecule has 0 aliphatic rings. The van der Waals surface area contributed by atoms with Crippen LogP contribution in [0.15, 0.2) is 0 Å². The molecule has 0 aromatic carbocycles. The van der Waals surface area contributed by atoms with Crippen molar-refractivity contribution in [3.8, 4) is 0 Å². The topological polar surface area (TPSA) is 0 Å². The summed E-state index contributed by atoms with van der Waals surface area (Å²) in [4.78, 5) is 0. The van der Waals surface area contributed by atoms with Crippen LogP contribution in [0.4, 0.5) is 0 Å². The molecular weight excluding hydrogens is 348 g/mol. The number of unbranched alkanes of at least 4 members (excludes halogenated alkanes) is 19. The van der Waals surface area contributed by atoms with Crippen LogP contribution in [-0.2, 0) is 0 Å². The van der Waals surface area contributed by atoms with E-state index in [9.17, 15) is 0 Å². The first kappa shape index (κ1) is 29.0. The van der Waals surface area contributed by atoms with Crippen LogP contribution in [0.25, 0.3) is 0 Å². The van der Waals surface area contributed by atoms with E-state index in [0.717, 1.165) is 5.92 Å². The van der Waals surface area contributed by atoms with Crippen LogP contribution in [0.1, 0.15) is 181 Å². The van der Waals surface area contributed by atoms with Gasteiger partial charge in [0.25, 0.3) is 0 Å². The third kappa shape index (κ3) is 24.1. The van der Waals surface area contributed by atoms with E-state index in [1.54, 1.807) is 0 Å². The molecule has 0 radical (unpaired) electrons. The lowest BCUT2D eigenvalue weighted by Gasteiger charge is -2.16. The minimum Gasteiger partial charge on any atom is -0.0654 e. The van der Waals surface area contributed by atoms with Gasteiger partial charge in [-0.1, -0.05) is 181 Å². The maximum Gasteiger partial charge on any atom is -0.0414 e. The fourth-order valence-corrected chi connectivity index (χ4v) is 4.77. The largest absolute Gasteiger partial charge is 0.0654 e. The second kappa shape index (κ2) is 26.0. The summed E-state index contributed by atoms with van der Waals surface area (Å²) in [5.74, 6) is 1.04. The van der Waals surface area contributed by atoms with Crippen molar-refractivity contribution in [3.05, 3.63) is 0 Å². The Morgan fingerprint density at radius 1 is 0.276 bits per heavy atom. The van der Waals surface area contributed by atoms with Crippen LogP contribution in [0.2, 0.25) is 0 Å². The zero-order valence-electron chi connectivity index (χ0n) is 21.3. The Morgan fingerprint density at radius 3 is 0.828 bits per heavy atom. The molecule has 0 heterocycles. The lowest BCUT2D eigenvalue weighted by atomic mass is 9.90.